The highest BCUT2D eigenvalue weighted by Crippen LogP contribution is 2.53. The molecular weight excluding hydrogens is 412 g/mol. The number of Topliss-reactive ketones (excluding diaryl/α,β-unsaturated/α-hetero) is 1. The number of carbonyl (C=O) groups is 1. The molecule has 0 fully saturated rings. The largest absolute Gasteiger partial charge is 0.494 e. The SMILES string of the molecule is CCOc1ccccc1C1C(C#N)=C2N=C(N)c3ccccc3N2C2=C1C(=O)CC(C)(C)C2. The van der Waals surface area contributed by atoms with Gasteiger partial charge in [-0.15, -0.1) is 0 Å². The van der Waals surface area contributed by atoms with Crippen molar-refractivity contribution in [1.82, 2.24) is 0 Å². The van der Waals surface area contributed by atoms with Crippen molar-refractivity contribution in [3.8, 4) is 11.8 Å². The molecule has 1 unspecified atom stereocenters. The Morgan fingerprint density at radius 1 is 1.18 bits per heavy atom. The molecule has 2 aromatic rings. The van der Waals surface area contributed by atoms with Crippen LogP contribution in [0.2, 0.25) is 0 Å². The van der Waals surface area contributed by atoms with E-state index in [0.717, 1.165) is 22.5 Å². The number of para-hydroxylation sites is 2. The summed E-state index contributed by atoms with van der Waals surface area (Å²) in [6.07, 6.45) is 1.11. The van der Waals surface area contributed by atoms with Gasteiger partial charge in [-0.3, -0.25) is 9.69 Å². The molecule has 0 aromatic heterocycles. The highest BCUT2D eigenvalue weighted by molar-refractivity contribution is 6.08. The first-order chi connectivity index (χ1) is 15.9. The molecule has 2 heterocycles. The molecule has 3 aliphatic rings. The number of amidine groups is 1. The van der Waals surface area contributed by atoms with Crippen LogP contribution >= 0.6 is 0 Å². The summed E-state index contributed by atoms with van der Waals surface area (Å²) in [5.74, 6) is 1.04. The first-order valence-electron chi connectivity index (χ1n) is 11.2. The lowest BCUT2D eigenvalue weighted by molar-refractivity contribution is -0.118. The van der Waals surface area contributed by atoms with Gasteiger partial charge in [0.2, 0.25) is 0 Å². The van der Waals surface area contributed by atoms with E-state index < -0.39 is 5.92 Å². The number of allylic oxidation sites excluding steroid dienone is 3. The second kappa shape index (κ2) is 7.63. The quantitative estimate of drug-likeness (QED) is 0.744. The summed E-state index contributed by atoms with van der Waals surface area (Å²) in [4.78, 5) is 20.4. The van der Waals surface area contributed by atoms with Crippen LogP contribution in [0.4, 0.5) is 5.69 Å². The third-order valence-electron chi connectivity index (χ3n) is 6.49. The highest BCUT2D eigenvalue weighted by Gasteiger charge is 2.47. The van der Waals surface area contributed by atoms with E-state index >= 15 is 0 Å². The normalized spacial score (nSPS) is 21.0. The van der Waals surface area contributed by atoms with Crippen LogP contribution in [0.25, 0.3) is 0 Å². The molecule has 0 amide bonds. The number of fused-ring (bicyclic) bond motifs is 4. The second-order valence-electron chi connectivity index (χ2n) is 9.40. The van der Waals surface area contributed by atoms with Crippen LogP contribution in [0.15, 0.2) is 76.2 Å². The molecule has 6 heteroatoms. The summed E-state index contributed by atoms with van der Waals surface area (Å²) in [5, 5.41) is 10.4. The van der Waals surface area contributed by atoms with Crippen LogP contribution in [0.3, 0.4) is 0 Å². The fraction of sp³-hybridized carbons (Fsp3) is 0.296. The summed E-state index contributed by atoms with van der Waals surface area (Å²) < 4.78 is 5.91. The number of rotatable bonds is 3. The third kappa shape index (κ3) is 3.23. The maximum atomic E-state index is 13.7. The fourth-order valence-corrected chi connectivity index (χ4v) is 5.21. The summed E-state index contributed by atoms with van der Waals surface area (Å²) in [6.45, 7) is 6.62. The molecule has 0 saturated carbocycles. The van der Waals surface area contributed by atoms with Gasteiger partial charge in [0, 0.05) is 28.8 Å². The Balaban J connectivity index is 1.85. The zero-order chi connectivity index (χ0) is 23.3. The minimum atomic E-state index is -0.551. The van der Waals surface area contributed by atoms with Gasteiger partial charge in [-0.05, 0) is 37.0 Å². The number of ketones is 1. The van der Waals surface area contributed by atoms with Crippen molar-refractivity contribution in [3.63, 3.8) is 0 Å². The first-order valence-corrected chi connectivity index (χ1v) is 11.2. The van der Waals surface area contributed by atoms with E-state index in [4.69, 9.17) is 15.5 Å². The van der Waals surface area contributed by atoms with Crippen LogP contribution < -0.4 is 15.4 Å². The van der Waals surface area contributed by atoms with Crippen molar-refractivity contribution in [2.45, 2.75) is 39.5 Å². The summed E-state index contributed by atoms with van der Waals surface area (Å²) in [7, 11) is 0. The minimum Gasteiger partial charge on any atom is -0.494 e. The van der Waals surface area contributed by atoms with E-state index in [1.54, 1.807) is 0 Å². The average Bonchev–Trinajstić information content (AvgIpc) is 2.78. The number of hydrogen-bond donors (Lipinski definition) is 1. The molecule has 5 rings (SSSR count). The fourth-order valence-electron chi connectivity index (χ4n) is 5.21. The summed E-state index contributed by atoms with van der Waals surface area (Å²) in [6, 6.07) is 17.8. The topological polar surface area (TPSA) is 91.7 Å². The standard InChI is InChI=1S/C27H26N4O2/c1-4-33-22-12-8-6-10-17(22)23-18(15-28)26-30-25(29)16-9-5-7-11-19(16)31(26)20-13-27(2,3)14-21(32)24(20)23/h5-12,23H,4,13-14H2,1-3H3,(H2,29,30). The van der Waals surface area contributed by atoms with Crippen molar-refractivity contribution in [2.24, 2.45) is 16.1 Å². The number of aliphatic imine (C=N–C) groups is 1. The lowest BCUT2D eigenvalue weighted by Gasteiger charge is -2.45. The van der Waals surface area contributed by atoms with Gasteiger partial charge < -0.3 is 10.5 Å². The van der Waals surface area contributed by atoms with Gasteiger partial charge in [-0.25, -0.2) is 4.99 Å². The predicted molar refractivity (Wildman–Crippen MR) is 128 cm³/mol. The van der Waals surface area contributed by atoms with E-state index in [1.807, 2.05) is 60.4 Å². The van der Waals surface area contributed by atoms with E-state index in [9.17, 15) is 10.1 Å². The van der Waals surface area contributed by atoms with Gasteiger partial charge in [0.1, 0.15) is 11.6 Å². The smallest absolute Gasteiger partial charge is 0.162 e. The van der Waals surface area contributed by atoms with Gasteiger partial charge >= 0.3 is 0 Å². The van der Waals surface area contributed by atoms with Crippen LogP contribution in [-0.4, -0.2) is 18.2 Å². The van der Waals surface area contributed by atoms with E-state index in [0.29, 0.717) is 48.0 Å². The molecule has 2 aromatic carbocycles. The predicted octanol–water partition coefficient (Wildman–Crippen LogP) is 4.79. The number of nitrogens with zero attached hydrogens (tertiary/aromatic N) is 3. The van der Waals surface area contributed by atoms with Crippen molar-refractivity contribution < 1.29 is 9.53 Å². The maximum absolute atomic E-state index is 13.7. The lowest BCUT2D eigenvalue weighted by atomic mass is 9.68. The van der Waals surface area contributed by atoms with E-state index in [-0.39, 0.29) is 11.2 Å². The Morgan fingerprint density at radius 2 is 1.91 bits per heavy atom. The number of hydrogen-bond acceptors (Lipinski definition) is 6. The molecule has 1 atom stereocenters. The Hall–Kier alpha value is -3.85. The number of nitriles is 1. The molecule has 0 saturated heterocycles. The number of anilines is 1. The minimum absolute atomic E-state index is 0.0596. The maximum Gasteiger partial charge on any atom is 0.162 e. The number of nitrogens with two attached hydrogens (primary N) is 1. The first kappa shape index (κ1) is 21.0. The molecule has 33 heavy (non-hydrogen) atoms. The van der Waals surface area contributed by atoms with E-state index in [2.05, 4.69) is 19.9 Å². The van der Waals surface area contributed by atoms with Crippen molar-refractivity contribution in [2.75, 3.05) is 11.5 Å². The Bertz CT molecular complexity index is 1310. The Kier molecular flexibility index (Phi) is 4.86. The number of ether oxygens (including phenoxy) is 1. The van der Waals surface area contributed by atoms with Crippen molar-refractivity contribution >= 4 is 17.3 Å². The molecule has 166 valence electrons. The summed E-state index contributed by atoms with van der Waals surface area (Å²) in [5.41, 5.74) is 10.6. The zero-order valence-corrected chi connectivity index (χ0v) is 19.1. The van der Waals surface area contributed by atoms with Gasteiger partial charge in [0.15, 0.2) is 11.6 Å². The van der Waals surface area contributed by atoms with Gasteiger partial charge in [-0.1, -0.05) is 44.2 Å². The van der Waals surface area contributed by atoms with Gasteiger partial charge in [0.05, 0.1) is 29.9 Å². The number of benzene rings is 2. The van der Waals surface area contributed by atoms with Crippen LogP contribution in [0.5, 0.6) is 5.75 Å². The Morgan fingerprint density at radius 3 is 2.67 bits per heavy atom. The van der Waals surface area contributed by atoms with Gasteiger partial charge in [0.25, 0.3) is 0 Å². The molecule has 0 bridgehead atoms. The number of carbonyl (C=O) groups excluding carboxylic acids is 1. The molecule has 0 spiro atoms. The second-order valence-corrected chi connectivity index (χ2v) is 9.40. The summed E-state index contributed by atoms with van der Waals surface area (Å²) >= 11 is 0. The highest BCUT2D eigenvalue weighted by atomic mass is 16.5. The molecule has 0 radical (unpaired) electrons. The molecular formula is C27H26N4O2. The van der Waals surface area contributed by atoms with Crippen molar-refractivity contribution in [1.29, 1.82) is 5.26 Å². The van der Waals surface area contributed by atoms with Crippen LogP contribution in [0, 0.1) is 16.7 Å². The lowest BCUT2D eigenvalue weighted by Crippen LogP contribution is -2.42. The van der Waals surface area contributed by atoms with Crippen molar-refractivity contribution in [3.05, 3.63) is 82.3 Å². The molecule has 2 aliphatic heterocycles. The van der Waals surface area contributed by atoms with Crippen LogP contribution in [-0.2, 0) is 4.79 Å². The molecule has 6 nitrogen and oxygen atoms in total. The van der Waals surface area contributed by atoms with E-state index in [1.165, 1.54) is 0 Å². The van der Waals surface area contributed by atoms with Crippen LogP contribution in [0.1, 0.15) is 50.7 Å². The van der Waals surface area contributed by atoms with Gasteiger partial charge in [-0.2, -0.15) is 5.26 Å². The third-order valence-corrected chi connectivity index (χ3v) is 6.49. The Labute approximate surface area is 193 Å². The average molecular weight is 439 g/mol. The monoisotopic (exact) mass is 438 g/mol. The molecule has 2 N–H and O–H groups in total. The zero-order valence-electron chi connectivity index (χ0n) is 19.1. The molecule has 1 aliphatic carbocycles.